The van der Waals surface area contributed by atoms with Gasteiger partial charge in [0.05, 0.1) is 19.3 Å². The van der Waals surface area contributed by atoms with Crippen molar-refractivity contribution in [3.05, 3.63) is 33.1 Å². The molecule has 10 atom stereocenters. The summed E-state index contributed by atoms with van der Waals surface area (Å²) in [5.41, 5.74) is 3.84. The number of nitrogens with two attached hydrogens (primary N) is 1. The molecule has 1 aromatic rings. The van der Waals surface area contributed by atoms with Crippen LogP contribution in [0.15, 0.2) is 21.9 Å². The number of nitrogens with one attached hydrogen (secondary N) is 1. The Morgan fingerprint density at radius 3 is 1.80 bits per heavy atom. The highest BCUT2D eigenvalue weighted by atomic mass is 31.3. The number of hydrogen-bond donors (Lipinski definition) is 14. The summed E-state index contributed by atoms with van der Waals surface area (Å²) in [5, 5.41) is 47.5. The van der Waals surface area contributed by atoms with Crippen LogP contribution >= 0.6 is 31.3 Å². The van der Waals surface area contributed by atoms with Crippen molar-refractivity contribution in [1.29, 1.82) is 0 Å². The van der Waals surface area contributed by atoms with E-state index >= 15 is 0 Å². The number of hydrogen-bond acceptors (Lipinski definition) is 19. The first kappa shape index (κ1) is 45.4. The molecule has 286 valence electrons. The Kier molecular flexibility index (Phi) is 16.9. The third-order valence-corrected chi connectivity index (χ3v) is 9.35. The Morgan fingerprint density at radius 2 is 1.37 bits per heavy atom. The van der Waals surface area contributed by atoms with Gasteiger partial charge in [-0.2, -0.15) is 8.62 Å². The molecule has 2 saturated heterocycles. The lowest BCUT2D eigenvalue weighted by Crippen LogP contribution is -2.62. The molecule has 3 heterocycles. The van der Waals surface area contributed by atoms with Crippen LogP contribution in [-0.4, -0.2) is 137 Å². The van der Waals surface area contributed by atoms with E-state index in [0.717, 1.165) is 16.8 Å². The fraction of sp³-hybridized carbons (Fsp3) is 0.706. The molecule has 2 aliphatic heterocycles. The largest absolute Gasteiger partial charge is 0.481 e. The number of carbonyl (C=O) groups excluding carboxylic acids is 1. The van der Waals surface area contributed by atoms with Gasteiger partial charge in [-0.25, -0.2) is 23.1 Å². The third-order valence-electron chi connectivity index (χ3n) is 5.50. The van der Waals surface area contributed by atoms with Crippen LogP contribution in [0.25, 0.3) is 0 Å². The van der Waals surface area contributed by atoms with Crippen LogP contribution in [0.1, 0.15) is 13.2 Å². The number of aromatic amines is 1. The second-order valence-corrected chi connectivity index (χ2v) is 14.8. The van der Waals surface area contributed by atoms with Crippen molar-refractivity contribution in [2.45, 2.75) is 62.1 Å². The first-order chi connectivity index (χ1) is 22.1. The number of aliphatic hydroxyl groups is 5. The molecule has 15 N–H and O–H groups in total. The van der Waals surface area contributed by atoms with Gasteiger partial charge in [0.25, 0.3) is 5.56 Å². The molecule has 2 aliphatic rings. The van der Waals surface area contributed by atoms with E-state index < -0.39 is 117 Å². The van der Waals surface area contributed by atoms with Gasteiger partial charge in [0.2, 0.25) is 6.29 Å². The van der Waals surface area contributed by atoms with Gasteiger partial charge in [0.1, 0.15) is 36.6 Å². The first-order valence-electron chi connectivity index (χ1n) is 12.5. The predicted octanol–water partition coefficient (Wildman–Crippen LogP) is -6.11. The summed E-state index contributed by atoms with van der Waals surface area (Å²) in [7, 11) is -20.6. The van der Waals surface area contributed by atoms with Crippen LogP contribution in [0.4, 0.5) is 0 Å². The molecule has 32 heteroatoms. The maximum atomic E-state index is 11.7. The summed E-state index contributed by atoms with van der Waals surface area (Å²) in [5.74, 6) is -0.615. The number of phosphoric acid groups is 4. The average molecular weight is 803 g/mol. The minimum atomic E-state index is -5.32. The fourth-order valence-corrected chi connectivity index (χ4v) is 6.27. The van der Waals surface area contributed by atoms with E-state index in [4.69, 9.17) is 54.6 Å². The summed E-state index contributed by atoms with van der Waals surface area (Å²) in [4.78, 5) is 92.4. The normalized spacial score (nSPS) is 30.2. The molecule has 28 nitrogen and oxygen atoms in total. The number of phosphoric ester groups is 1. The summed E-state index contributed by atoms with van der Waals surface area (Å²) >= 11 is 0. The molecule has 0 aliphatic carbocycles. The van der Waals surface area contributed by atoms with E-state index in [-0.39, 0.29) is 0 Å². The minimum absolute atomic E-state index is 0.497. The van der Waals surface area contributed by atoms with Gasteiger partial charge in [0, 0.05) is 19.2 Å². The standard InChI is InChI=1S/C9H14N2O12P2.C8H15NO6.H4O7P2/c12-5-1-2-11(9(15)10-5)8-7(14)6(13)4(22-8)3-21-25(19,20)23-24(16,17)18;1-3(11)14-8-5(9)7(13)6(12)4(2-10)15-8;1-8(2,3)7-9(4,5)6/h1-2,4,6-8,13-14H,3H2,(H,19,20)(H,10,12,15)(H2,16,17,18);4-8,10,12-13H,2,9H2,1H3;(H2,1,2,3)(H2,4,5,6)/t4-,6-,7-,8-;4-,5-,6-,7-,8?;/m11./s1. The van der Waals surface area contributed by atoms with Crippen LogP contribution < -0.4 is 17.0 Å². The molecule has 2 fully saturated rings. The smallest absolute Gasteiger partial charge is 0.434 e. The molecule has 0 amide bonds. The summed E-state index contributed by atoms with van der Waals surface area (Å²) < 4.78 is 67.6. The highest BCUT2D eigenvalue weighted by molar-refractivity contribution is 7.60. The number of H-pyrrole nitrogens is 1. The number of esters is 1. The van der Waals surface area contributed by atoms with Crippen molar-refractivity contribution in [1.82, 2.24) is 9.55 Å². The maximum absolute atomic E-state index is 11.7. The minimum Gasteiger partial charge on any atom is -0.434 e. The zero-order chi connectivity index (χ0) is 38.3. The molecule has 0 aromatic carbocycles. The molecule has 0 saturated carbocycles. The van der Waals surface area contributed by atoms with Crippen molar-refractivity contribution in [3.63, 3.8) is 0 Å². The topological polar surface area (TPSA) is 464 Å². The third kappa shape index (κ3) is 16.1. The number of aliphatic hydroxyl groups excluding tert-OH is 5. The number of rotatable bonds is 10. The Hall–Kier alpha value is -1.65. The quantitative estimate of drug-likeness (QED) is 0.0773. The van der Waals surface area contributed by atoms with Crippen LogP contribution in [0.5, 0.6) is 0 Å². The molecular formula is C17H33N3O25P4. The van der Waals surface area contributed by atoms with Gasteiger partial charge >= 0.3 is 42.9 Å². The van der Waals surface area contributed by atoms with Crippen molar-refractivity contribution >= 4 is 37.3 Å². The van der Waals surface area contributed by atoms with E-state index in [2.05, 4.69) is 17.9 Å². The van der Waals surface area contributed by atoms with E-state index in [0.29, 0.717) is 0 Å². The van der Waals surface area contributed by atoms with Crippen LogP contribution in [0.3, 0.4) is 0 Å². The molecule has 0 bridgehead atoms. The zero-order valence-corrected chi connectivity index (χ0v) is 27.8. The number of nitrogens with zero attached hydrogens (tertiary/aromatic N) is 1. The van der Waals surface area contributed by atoms with Gasteiger partial charge < -0.3 is 79.7 Å². The summed E-state index contributed by atoms with van der Waals surface area (Å²) in [6, 6.07) is -0.0737. The highest BCUT2D eigenvalue weighted by Gasteiger charge is 2.46. The number of ether oxygens (including phenoxy) is 3. The van der Waals surface area contributed by atoms with Crippen molar-refractivity contribution in [3.8, 4) is 0 Å². The SMILES string of the molecule is CC(=O)OC1O[C@H](CO)[C@@H](O)[C@H](O)[C@H]1N.O=P(O)(O)OP(=O)(O)O.O=c1ccn([C@@H]2O[C@H](COP(=O)(O)OP(=O)(O)O)[C@@H](O)[C@H]2O)c(=O)[nH]1. The second kappa shape index (κ2) is 18.2. The lowest BCUT2D eigenvalue weighted by Gasteiger charge is -2.39. The van der Waals surface area contributed by atoms with E-state index in [1.54, 1.807) is 0 Å². The molecule has 3 rings (SSSR count). The second-order valence-electron chi connectivity index (χ2n) is 9.36. The molecular weight excluding hydrogens is 770 g/mol. The summed E-state index contributed by atoms with van der Waals surface area (Å²) in [6.45, 7) is -0.231. The fourth-order valence-electron chi connectivity index (χ4n) is 3.56. The van der Waals surface area contributed by atoms with Gasteiger partial charge in [-0.05, 0) is 0 Å². The molecule has 49 heavy (non-hydrogen) atoms. The Balaban J connectivity index is 0.000000423. The van der Waals surface area contributed by atoms with E-state index in [1.807, 2.05) is 4.98 Å². The zero-order valence-electron chi connectivity index (χ0n) is 24.3. The first-order valence-corrected chi connectivity index (χ1v) is 18.6. The van der Waals surface area contributed by atoms with Gasteiger partial charge in [-0.1, -0.05) is 0 Å². The van der Waals surface area contributed by atoms with Crippen LogP contribution in [0.2, 0.25) is 0 Å². The van der Waals surface area contributed by atoms with Crippen LogP contribution in [-0.2, 0) is 50.4 Å². The lowest BCUT2D eigenvalue weighted by molar-refractivity contribution is -0.258. The van der Waals surface area contributed by atoms with Crippen LogP contribution in [0, 0.1) is 0 Å². The highest BCUT2D eigenvalue weighted by Crippen LogP contribution is 2.57. The van der Waals surface area contributed by atoms with Gasteiger partial charge in [0.15, 0.2) is 6.23 Å². The lowest BCUT2D eigenvalue weighted by atomic mass is 9.98. The molecule has 0 spiro atoms. The average Bonchev–Trinajstić information content (AvgIpc) is 3.18. The summed E-state index contributed by atoms with van der Waals surface area (Å²) in [6.07, 6.45) is -10.0. The Morgan fingerprint density at radius 1 is 0.857 bits per heavy atom. The van der Waals surface area contributed by atoms with Crippen molar-refractivity contribution in [2.24, 2.45) is 5.73 Å². The predicted molar refractivity (Wildman–Crippen MR) is 149 cm³/mol. The molecule has 0 radical (unpaired) electrons. The molecule has 1 aromatic heterocycles. The van der Waals surface area contributed by atoms with E-state index in [1.165, 1.54) is 6.92 Å². The monoisotopic (exact) mass is 803 g/mol. The van der Waals surface area contributed by atoms with Crippen molar-refractivity contribution in [2.75, 3.05) is 13.2 Å². The maximum Gasteiger partial charge on any atom is 0.481 e. The van der Waals surface area contributed by atoms with Crippen molar-refractivity contribution < 1.29 is 110 Å². The van der Waals surface area contributed by atoms with E-state index in [9.17, 15) is 53.1 Å². The Labute approximate surface area is 271 Å². The molecule has 2 unspecified atom stereocenters. The number of aromatic nitrogens is 2. The van der Waals surface area contributed by atoms with Gasteiger partial charge in [-0.3, -0.25) is 23.7 Å². The Bertz CT molecular complexity index is 1530. The van der Waals surface area contributed by atoms with Gasteiger partial charge in [-0.15, -0.1) is 0 Å². The number of carbonyl (C=O) groups is 1.